The Morgan fingerprint density at radius 1 is 0.875 bits per heavy atom. The monoisotopic (exact) mass is 336 g/mol. The van der Waals surface area contributed by atoms with E-state index < -0.39 is 11.7 Å². The van der Waals surface area contributed by atoms with Gasteiger partial charge in [-0.3, -0.25) is 9.59 Å². The Bertz CT molecular complexity index is 918. The normalized spacial score (nSPS) is 13.4. The summed E-state index contributed by atoms with van der Waals surface area (Å²) in [6, 6.07) is 12.9. The molecule has 0 atom stereocenters. The van der Waals surface area contributed by atoms with Crippen LogP contribution in [0.2, 0.25) is 0 Å². The summed E-state index contributed by atoms with van der Waals surface area (Å²) >= 11 is 1.32. The summed E-state index contributed by atoms with van der Waals surface area (Å²) in [5, 5.41) is 22.1. The number of rotatable bonds is 2. The van der Waals surface area contributed by atoms with Gasteiger partial charge in [-0.1, -0.05) is 30.3 Å². The minimum atomic E-state index is -0.731. The van der Waals surface area contributed by atoms with E-state index in [2.05, 4.69) is 0 Å². The van der Waals surface area contributed by atoms with Gasteiger partial charge in [0.05, 0.1) is 21.9 Å². The highest BCUT2D eigenvalue weighted by Crippen LogP contribution is 2.44. The van der Waals surface area contributed by atoms with Crippen LogP contribution in [0.15, 0.2) is 53.9 Å². The molecular weight excluding hydrogens is 324 g/mol. The summed E-state index contributed by atoms with van der Waals surface area (Å²) in [7, 11) is 0. The van der Waals surface area contributed by atoms with Crippen molar-refractivity contribution in [3.05, 3.63) is 81.0 Å². The number of hydrogen-bond acceptors (Lipinski definition) is 5. The Morgan fingerprint density at radius 3 is 1.96 bits per heavy atom. The highest BCUT2D eigenvalue weighted by Gasteiger charge is 2.38. The number of hydrogen-bond donors (Lipinski definition) is 2. The lowest BCUT2D eigenvalue weighted by molar-refractivity contribution is 0.0970. The van der Waals surface area contributed by atoms with Gasteiger partial charge in [-0.05, 0) is 34.7 Å². The fourth-order valence-electron chi connectivity index (χ4n) is 3.23. The Hall–Kier alpha value is -2.92. The predicted molar refractivity (Wildman–Crippen MR) is 90.1 cm³/mol. The number of carbonyl (C=O) groups excluding carboxylic acids is 2. The van der Waals surface area contributed by atoms with Gasteiger partial charge in [-0.25, -0.2) is 0 Å². The molecular formula is C19H12O4S. The maximum absolute atomic E-state index is 13.1. The molecule has 0 saturated carbocycles. The molecule has 0 bridgehead atoms. The van der Waals surface area contributed by atoms with Crippen molar-refractivity contribution in [2.45, 2.75) is 5.92 Å². The van der Waals surface area contributed by atoms with Crippen LogP contribution in [0.25, 0.3) is 0 Å². The third-order valence-electron chi connectivity index (χ3n) is 4.25. The van der Waals surface area contributed by atoms with Crippen molar-refractivity contribution >= 4 is 22.9 Å². The lowest BCUT2D eigenvalue weighted by Gasteiger charge is -2.27. The van der Waals surface area contributed by atoms with Crippen molar-refractivity contribution in [3.8, 4) is 11.5 Å². The van der Waals surface area contributed by atoms with Gasteiger partial charge in [-0.15, -0.1) is 11.3 Å². The molecule has 0 spiro atoms. The molecule has 0 fully saturated rings. The van der Waals surface area contributed by atoms with Gasteiger partial charge >= 0.3 is 0 Å². The molecule has 24 heavy (non-hydrogen) atoms. The fourth-order valence-corrected chi connectivity index (χ4v) is 3.92. The van der Waals surface area contributed by atoms with E-state index in [4.69, 9.17) is 0 Å². The Balaban J connectivity index is 2.03. The predicted octanol–water partition coefficient (Wildman–Crippen LogP) is 3.72. The van der Waals surface area contributed by atoms with Crippen LogP contribution in [0.5, 0.6) is 11.5 Å². The van der Waals surface area contributed by atoms with Gasteiger partial charge in [0.1, 0.15) is 11.5 Å². The van der Waals surface area contributed by atoms with Crippen molar-refractivity contribution in [1.29, 1.82) is 0 Å². The lowest BCUT2D eigenvalue weighted by Crippen LogP contribution is -2.25. The summed E-state index contributed by atoms with van der Waals surface area (Å²) in [4.78, 5) is 26.4. The van der Waals surface area contributed by atoms with Crippen LogP contribution in [-0.2, 0) is 0 Å². The van der Waals surface area contributed by atoms with E-state index in [0.717, 1.165) is 0 Å². The summed E-state index contributed by atoms with van der Waals surface area (Å²) in [6.07, 6.45) is 0. The van der Waals surface area contributed by atoms with Crippen molar-refractivity contribution < 1.29 is 19.8 Å². The minimum Gasteiger partial charge on any atom is -0.507 e. The molecule has 2 N–H and O–H groups in total. The van der Waals surface area contributed by atoms with Gasteiger partial charge in [0.25, 0.3) is 0 Å². The molecule has 3 aromatic rings. The largest absolute Gasteiger partial charge is 0.507 e. The summed E-state index contributed by atoms with van der Waals surface area (Å²) < 4.78 is 0. The number of aromatic hydroxyl groups is 2. The highest BCUT2D eigenvalue weighted by molar-refractivity contribution is 7.12. The molecule has 2 aromatic carbocycles. The first kappa shape index (κ1) is 14.7. The zero-order valence-corrected chi connectivity index (χ0v) is 13.2. The van der Waals surface area contributed by atoms with Gasteiger partial charge in [0.15, 0.2) is 5.78 Å². The zero-order valence-electron chi connectivity index (χ0n) is 12.4. The highest BCUT2D eigenvalue weighted by atomic mass is 32.1. The second kappa shape index (κ2) is 5.32. The Morgan fingerprint density at radius 2 is 1.46 bits per heavy atom. The van der Waals surface area contributed by atoms with E-state index in [1.807, 2.05) is 5.38 Å². The number of carbonyl (C=O) groups is 2. The molecule has 1 aliphatic carbocycles. The molecule has 4 nitrogen and oxygen atoms in total. The second-order valence-electron chi connectivity index (χ2n) is 5.59. The topological polar surface area (TPSA) is 74.6 Å². The molecule has 1 heterocycles. The number of fused-ring (bicyclic) bond motifs is 2. The number of benzene rings is 2. The first-order valence-electron chi connectivity index (χ1n) is 7.35. The smallest absolute Gasteiger partial charge is 0.201 e. The SMILES string of the molecule is O=C1c2c(O)cccc2C(C(=O)c2cccs2)c2cccc(O)c21. The minimum absolute atomic E-state index is 0.0846. The Labute approximate surface area is 141 Å². The molecule has 0 saturated heterocycles. The zero-order chi connectivity index (χ0) is 16.8. The standard InChI is InChI=1S/C19H12O4S/c20-12-6-1-4-10-15(18(22)14-8-3-9-24-14)11-5-2-7-13(21)17(11)19(23)16(10)12/h1-9,15,20-21H. The number of phenolic OH excluding ortho intramolecular Hbond substituents is 2. The first-order valence-corrected chi connectivity index (χ1v) is 8.23. The molecule has 1 aromatic heterocycles. The molecule has 5 heteroatoms. The van der Waals surface area contributed by atoms with Gasteiger partial charge < -0.3 is 10.2 Å². The maximum atomic E-state index is 13.1. The number of ketones is 2. The van der Waals surface area contributed by atoms with Crippen molar-refractivity contribution in [3.63, 3.8) is 0 Å². The van der Waals surface area contributed by atoms with E-state index >= 15 is 0 Å². The summed E-state index contributed by atoms with van der Waals surface area (Å²) in [5.74, 6) is -1.72. The van der Waals surface area contributed by atoms with E-state index in [9.17, 15) is 19.8 Å². The third kappa shape index (κ3) is 1.98. The first-order chi connectivity index (χ1) is 11.6. The quantitative estimate of drug-likeness (QED) is 0.700. The molecule has 4 rings (SSSR count). The average Bonchev–Trinajstić information content (AvgIpc) is 3.09. The Kier molecular flexibility index (Phi) is 3.25. The second-order valence-corrected chi connectivity index (χ2v) is 6.53. The average molecular weight is 336 g/mol. The maximum Gasteiger partial charge on any atom is 0.201 e. The van der Waals surface area contributed by atoms with Gasteiger partial charge in [0, 0.05) is 0 Å². The number of phenols is 2. The molecule has 0 aliphatic heterocycles. The molecule has 0 radical (unpaired) electrons. The number of Topliss-reactive ketones (excluding diaryl/α,β-unsaturated/α-hetero) is 1. The van der Waals surface area contributed by atoms with E-state index in [-0.39, 0.29) is 28.4 Å². The molecule has 0 amide bonds. The van der Waals surface area contributed by atoms with Crippen LogP contribution in [0.3, 0.4) is 0 Å². The summed E-state index contributed by atoms with van der Waals surface area (Å²) in [5.41, 5.74) is 1.11. The van der Waals surface area contributed by atoms with Crippen LogP contribution in [-0.4, -0.2) is 21.8 Å². The van der Waals surface area contributed by atoms with Crippen LogP contribution in [0.1, 0.15) is 42.6 Å². The molecule has 118 valence electrons. The van der Waals surface area contributed by atoms with Gasteiger partial charge in [-0.2, -0.15) is 0 Å². The van der Waals surface area contributed by atoms with Crippen molar-refractivity contribution in [2.75, 3.05) is 0 Å². The summed E-state index contributed by atoms with van der Waals surface area (Å²) in [6.45, 7) is 0. The number of thiophene rings is 1. The van der Waals surface area contributed by atoms with E-state index in [0.29, 0.717) is 16.0 Å². The van der Waals surface area contributed by atoms with E-state index in [1.54, 1.807) is 36.4 Å². The van der Waals surface area contributed by atoms with Crippen LogP contribution in [0, 0.1) is 0 Å². The van der Waals surface area contributed by atoms with Gasteiger partial charge in [0.2, 0.25) is 5.78 Å². The van der Waals surface area contributed by atoms with Crippen LogP contribution in [0.4, 0.5) is 0 Å². The van der Waals surface area contributed by atoms with Crippen LogP contribution < -0.4 is 0 Å². The van der Waals surface area contributed by atoms with E-state index in [1.165, 1.54) is 23.5 Å². The lowest BCUT2D eigenvalue weighted by atomic mass is 9.74. The molecule has 1 aliphatic rings. The fraction of sp³-hybridized carbons (Fsp3) is 0.0526. The third-order valence-corrected chi connectivity index (χ3v) is 5.14. The van der Waals surface area contributed by atoms with Crippen molar-refractivity contribution in [2.24, 2.45) is 0 Å². The van der Waals surface area contributed by atoms with Crippen molar-refractivity contribution in [1.82, 2.24) is 0 Å². The molecule has 0 unspecified atom stereocenters. The van der Waals surface area contributed by atoms with Crippen LogP contribution >= 0.6 is 11.3 Å².